The van der Waals surface area contributed by atoms with Crippen molar-refractivity contribution < 1.29 is 19.1 Å². The molecule has 6 nitrogen and oxygen atoms in total. The van der Waals surface area contributed by atoms with Crippen molar-refractivity contribution in [1.29, 1.82) is 0 Å². The highest BCUT2D eigenvalue weighted by Crippen LogP contribution is 2.28. The summed E-state index contributed by atoms with van der Waals surface area (Å²) in [5.74, 6) is -0.951. The minimum atomic E-state index is -0.784. The molecule has 0 unspecified atom stereocenters. The first-order valence-electron chi connectivity index (χ1n) is 9.46. The lowest BCUT2D eigenvalue weighted by molar-refractivity contribution is -0.122. The van der Waals surface area contributed by atoms with Gasteiger partial charge in [0.2, 0.25) is 0 Å². The number of hydrogen-bond donors (Lipinski definition) is 1. The number of carbonyl (C=O) groups excluding carboxylic acids is 3. The van der Waals surface area contributed by atoms with E-state index in [0.29, 0.717) is 23.6 Å². The van der Waals surface area contributed by atoms with E-state index in [2.05, 4.69) is 21.2 Å². The van der Waals surface area contributed by atoms with Gasteiger partial charge in [-0.25, -0.2) is 9.69 Å². The Balaban J connectivity index is 1.68. The van der Waals surface area contributed by atoms with E-state index in [9.17, 15) is 14.4 Å². The molecule has 0 aromatic heterocycles. The summed E-state index contributed by atoms with van der Waals surface area (Å²) in [5, 5.41) is 2.23. The number of benzene rings is 3. The van der Waals surface area contributed by atoms with Crippen molar-refractivity contribution >= 4 is 45.5 Å². The minimum Gasteiger partial charge on any atom is -0.488 e. The summed E-state index contributed by atoms with van der Waals surface area (Å²) in [7, 11) is 0. The third-order valence-electron chi connectivity index (χ3n) is 4.62. The van der Waals surface area contributed by atoms with Gasteiger partial charge in [-0.05, 0) is 42.0 Å². The van der Waals surface area contributed by atoms with Crippen molar-refractivity contribution in [1.82, 2.24) is 5.32 Å². The van der Waals surface area contributed by atoms with Crippen LogP contribution in [0.2, 0.25) is 0 Å². The average Bonchev–Trinajstić information content (AvgIpc) is 2.77. The lowest BCUT2D eigenvalue weighted by Gasteiger charge is -2.26. The molecule has 0 radical (unpaired) electrons. The number of barbiturate groups is 1. The third kappa shape index (κ3) is 4.57. The Bertz CT molecular complexity index is 1180. The second-order valence-corrected chi connectivity index (χ2v) is 7.67. The molecule has 1 saturated heterocycles. The molecular formula is C24H17BrN2O4. The van der Waals surface area contributed by atoms with E-state index >= 15 is 0 Å². The summed E-state index contributed by atoms with van der Waals surface area (Å²) >= 11 is 3.41. The highest BCUT2D eigenvalue weighted by molar-refractivity contribution is 9.10. The van der Waals surface area contributed by atoms with Crippen LogP contribution in [0.1, 0.15) is 11.1 Å². The maximum Gasteiger partial charge on any atom is 0.335 e. The first kappa shape index (κ1) is 20.6. The van der Waals surface area contributed by atoms with E-state index < -0.39 is 17.8 Å². The van der Waals surface area contributed by atoms with Crippen LogP contribution in [0.25, 0.3) is 6.08 Å². The van der Waals surface area contributed by atoms with Crippen LogP contribution in [0.5, 0.6) is 5.75 Å². The molecule has 4 amide bonds. The monoisotopic (exact) mass is 476 g/mol. The van der Waals surface area contributed by atoms with Gasteiger partial charge in [0.1, 0.15) is 17.9 Å². The number of anilines is 1. The van der Waals surface area contributed by atoms with Crippen LogP contribution in [0.3, 0.4) is 0 Å². The summed E-state index contributed by atoms with van der Waals surface area (Å²) in [6, 6.07) is 22.6. The average molecular weight is 477 g/mol. The van der Waals surface area contributed by atoms with Crippen molar-refractivity contribution in [2.24, 2.45) is 0 Å². The van der Waals surface area contributed by atoms with Gasteiger partial charge in [0.15, 0.2) is 0 Å². The second-order valence-electron chi connectivity index (χ2n) is 6.75. The number of urea groups is 1. The van der Waals surface area contributed by atoms with Gasteiger partial charge < -0.3 is 4.74 Å². The standard InChI is InChI=1S/C24H17BrN2O4/c25-18-11-12-21(31-15-16-7-3-1-4-8-16)17(13-18)14-20-22(28)26-24(30)27(23(20)29)19-9-5-2-6-10-19/h1-14H,15H2,(H,26,28,30)/b20-14+. The fourth-order valence-electron chi connectivity index (χ4n) is 3.12. The minimum absolute atomic E-state index is 0.161. The van der Waals surface area contributed by atoms with Gasteiger partial charge in [-0.2, -0.15) is 0 Å². The SMILES string of the molecule is O=C1NC(=O)N(c2ccccc2)C(=O)/C1=C/c1cc(Br)ccc1OCc1ccccc1. The summed E-state index contributed by atoms with van der Waals surface area (Å²) in [6.07, 6.45) is 1.44. The molecule has 3 aromatic rings. The molecule has 1 heterocycles. The zero-order chi connectivity index (χ0) is 21.8. The van der Waals surface area contributed by atoms with E-state index in [1.54, 1.807) is 42.5 Å². The maximum atomic E-state index is 13.1. The number of amides is 4. The number of carbonyl (C=O) groups is 3. The number of rotatable bonds is 5. The van der Waals surface area contributed by atoms with E-state index in [1.165, 1.54) is 6.08 Å². The van der Waals surface area contributed by atoms with Gasteiger partial charge >= 0.3 is 6.03 Å². The zero-order valence-corrected chi connectivity index (χ0v) is 17.8. The molecule has 154 valence electrons. The summed E-state index contributed by atoms with van der Waals surface area (Å²) in [6.45, 7) is 0.327. The highest BCUT2D eigenvalue weighted by Gasteiger charge is 2.36. The maximum absolute atomic E-state index is 13.1. The molecule has 1 fully saturated rings. The van der Waals surface area contributed by atoms with Crippen molar-refractivity contribution in [2.45, 2.75) is 6.61 Å². The van der Waals surface area contributed by atoms with Crippen LogP contribution in [0.4, 0.5) is 10.5 Å². The van der Waals surface area contributed by atoms with Crippen molar-refractivity contribution in [2.75, 3.05) is 4.90 Å². The molecule has 31 heavy (non-hydrogen) atoms. The smallest absolute Gasteiger partial charge is 0.335 e. The van der Waals surface area contributed by atoms with Gasteiger partial charge in [-0.1, -0.05) is 64.5 Å². The molecule has 4 rings (SSSR count). The Kier molecular flexibility index (Phi) is 5.95. The topological polar surface area (TPSA) is 75.7 Å². The first-order chi connectivity index (χ1) is 15.0. The largest absolute Gasteiger partial charge is 0.488 e. The number of imide groups is 2. The van der Waals surface area contributed by atoms with Crippen molar-refractivity contribution in [3.8, 4) is 5.75 Å². The molecule has 0 spiro atoms. The van der Waals surface area contributed by atoms with Crippen molar-refractivity contribution in [3.05, 3.63) is 100 Å². The van der Waals surface area contributed by atoms with Crippen molar-refractivity contribution in [3.63, 3.8) is 0 Å². The lowest BCUT2D eigenvalue weighted by Crippen LogP contribution is -2.54. The Morgan fingerprint density at radius 1 is 0.903 bits per heavy atom. The fraction of sp³-hybridized carbons (Fsp3) is 0.0417. The van der Waals surface area contributed by atoms with Crippen LogP contribution in [-0.4, -0.2) is 17.8 Å². The molecule has 0 atom stereocenters. The van der Waals surface area contributed by atoms with Gasteiger partial charge in [0, 0.05) is 10.0 Å². The Labute approximate surface area is 187 Å². The Morgan fingerprint density at radius 2 is 1.58 bits per heavy atom. The van der Waals surface area contributed by atoms with Gasteiger partial charge in [-0.15, -0.1) is 0 Å². The van der Waals surface area contributed by atoms with Gasteiger partial charge in [0.25, 0.3) is 11.8 Å². The first-order valence-corrected chi connectivity index (χ1v) is 10.2. The molecule has 1 N–H and O–H groups in total. The fourth-order valence-corrected chi connectivity index (χ4v) is 3.50. The predicted molar refractivity (Wildman–Crippen MR) is 120 cm³/mol. The predicted octanol–water partition coefficient (Wildman–Crippen LogP) is 4.69. The van der Waals surface area contributed by atoms with E-state index in [1.807, 2.05) is 36.4 Å². The molecule has 7 heteroatoms. The Hall–Kier alpha value is -3.71. The van der Waals surface area contributed by atoms with E-state index in [4.69, 9.17) is 4.74 Å². The van der Waals surface area contributed by atoms with Gasteiger partial charge in [0.05, 0.1) is 5.69 Å². The quantitative estimate of drug-likeness (QED) is 0.427. The highest BCUT2D eigenvalue weighted by atomic mass is 79.9. The van der Waals surface area contributed by atoms with Gasteiger partial charge in [-0.3, -0.25) is 14.9 Å². The molecular weight excluding hydrogens is 460 g/mol. The second kappa shape index (κ2) is 8.97. The number of hydrogen-bond acceptors (Lipinski definition) is 4. The number of nitrogens with one attached hydrogen (secondary N) is 1. The third-order valence-corrected chi connectivity index (χ3v) is 5.12. The van der Waals surface area contributed by atoms with E-state index in [-0.39, 0.29) is 5.57 Å². The number of para-hydroxylation sites is 1. The molecule has 0 aliphatic carbocycles. The van der Waals surface area contributed by atoms with Crippen LogP contribution >= 0.6 is 15.9 Å². The number of halogens is 1. The summed E-state index contributed by atoms with van der Waals surface area (Å²) < 4.78 is 6.69. The number of nitrogens with zero attached hydrogens (tertiary/aromatic N) is 1. The lowest BCUT2D eigenvalue weighted by atomic mass is 10.1. The Morgan fingerprint density at radius 3 is 2.29 bits per heavy atom. The zero-order valence-electron chi connectivity index (χ0n) is 16.2. The molecule has 3 aromatic carbocycles. The van der Waals surface area contributed by atoms with Crippen LogP contribution in [0.15, 0.2) is 88.9 Å². The summed E-state index contributed by atoms with van der Waals surface area (Å²) in [4.78, 5) is 38.8. The van der Waals surface area contributed by atoms with Crippen LogP contribution in [-0.2, 0) is 16.2 Å². The van der Waals surface area contributed by atoms with Crippen LogP contribution < -0.4 is 15.0 Å². The normalized spacial score (nSPS) is 15.2. The summed E-state index contributed by atoms with van der Waals surface area (Å²) in [5.41, 5.74) is 1.73. The van der Waals surface area contributed by atoms with E-state index in [0.717, 1.165) is 14.9 Å². The number of ether oxygens (including phenoxy) is 1. The molecule has 1 aliphatic heterocycles. The molecule has 0 saturated carbocycles. The molecule has 1 aliphatic rings. The molecule has 0 bridgehead atoms. The van der Waals surface area contributed by atoms with Crippen LogP contribution in [0, 0.1) is 0 Å².